The zero-order chi connectivity index (χ0) is 12.3. The third-order valence-electron chi connectivity index (χ3n) is 2.31. The van der Waals surface area contributed by atoms with Crippen molar-refractivity contribution in [3.8, 4) is 11.6 Å². The van der Waals surface area contributed by atoms with Crippen LogP contribution in [0, 0.1) is 0 Å². The highest BCUT2D eigenvalue weighted by atomic mass is 79.9. The molecular formula is C11H14BrN5. The van der Waals surface area contributed by atoms with E-state index in [0.717, 1.165) is 29.1 Å². The molecule has 0 spiro atoms. The Hall–Kier alpha value is -1.43. The lowest BCUT2D eigenvalue weighted by Crippen LogP contribution is -2.05. The topological polar surface area (TPSA) is 55.6 Å². The predicted molar refractivity (Wildman–Crippen MR) is 70.7 cm³/mol. The first-order valence-electron chi connectivity index (χ1n) is 5.46. The van der Waals surface area contributed by atoms with Gasteiger partial charge in [-0.1, -0.05) is 6.92 Å². The van der Waals surface area contributed by atoms with E-state index in [1.54, 1.807) is 12.4 Å². The molecule has 0 saturated carbocycles. The first kappa shape index (κ1) is 12.0. The number of anilines is 1. The number of aryl methyl sites for hydroxylation is 1. The fourth-order valence-corrected chi connectivity index (χ4v) is 1.75. The highest BCUT2D eigenvalue weighted by molar-refractivity contribution is 9.10. The maximum atomic E-state index is 4.46. The molecule has 0 aromatic carbocycles. The molecule has 5 nitrogen and oxygen atoms in total. The van der Waals surface area contributed by atoms with Crippen LogP contribution >= 0.6 is 15.9 Å². The smallest absolute Gasteiger partial charge is 0.197 e. The summed E-state index contributed by atoms with van der Waals surface area (Å²) in [5, 5.41) is 3.25. The Bertz CT molecular complexity index is 508. The van der Waals surface area contributed by atoms with Gasteiger partial charge >= 0.3 is 0 Å². The highest BCUT2D eigenvalue weighted by Gasteiger charge is 2.09. The summed E-state index contributed by atoms with van der Waals surface area (Å²) in [5.41, 5.74) is 0. The molecule has 2 rings (SSSR count). The molecule has 0 bridgehead atoms. The summed E-state index contributed by atoms with van der Waals surface area (Å²) in [6.07, 6.45) is 6.41. The molecule has 0 atom stereocenters. The van der Waals surface area contributed by atoms with Crippen LogP contribution in [-0.4, -0.2) is 26.1 Å². The zero-order valence-corrected chi connectivity index (χ0v) is 11.4. The van der Waals surface area contributed by atoms with E-state index < -0.39 is 0 Å². The summed E-state index contributed by atoms with van der Waals surface area (Å²) in [4.78, 5) is 13.0. The van der Waals surface area contributed by atoms with Gasteiger partial charge in [-0.2, -0.15) is 0 Å². The van der Waals surface area contributed by atoms with E-state index in [-0.39, 0.29) is 0 Å². The Morgan fingerprint density at radius 1 is 1.41 bits per heavy atom. The number of nitrogens with one attached hydrogen (secondary N) is 1. The first-order valence-corrected chi connectivity index (χ1v) is 6.25. The van der Waals surface area contributed by atoms with E-state index in [0.29, 0.717) is 5.82 Å². The van der Waals surface area contributed by atoms with E-state index >= 15 is 0 Å². The maximum absolute atomic E-state index is 4.46. The van der Waals surface area contributed by atoms with E-state index in [1.165, 1.54) is 0 Å². The molecule has 2 aromatic heterocycles. The molecule has 17 heavy (non-hydrogen) atoms. The van der Waals surface area contributed by atoms with Crippen molar-refractivity contribution in [1.82, 2.24) is 19.5 Å². The van der Waals surface area contributed by atoms with Crippen LogP contribution < -0.4 is 5.32 Å². The van der Waals surface area contributed by atoms with Gasteiger partial charge in [-0.05, 0) is 22.4 Å². The van der Waals surface area contributed by atoms with Gasteiger partial charge in [0.1, 0.15) is 5.82 Å². The second-order valence-corrected chi connectivity index (χ2v) is 4.53. The fraction of sp³-hybridized carbons (Fsp3) is 0.364. The van der Waals surface area contributed by atoms with Crippen molar-refractivity contribution in [1.29, 1.82) is 0 Å². The standard InChI is InChI=1S/C11H14BrN5/c1-3-4-13-9-8(12)7-15-10(16-9)11-14-5-6-17(11)2/h5-7H,3-4H2,1-2H3,(H,13,15,16). The maximum Gasteiger partial charge on any atom is 0.197 e. The second-order valence-electron chi connectivity index (χ2n) is 3.68. The highest BCUT2D eigenvalue weighted by Crippen LogP contribution is 2.22. The largest absolute Gasteiger partial charge is 0.369 e. The van der Waals surface area contributed by atoms with Gasteiger partial charge < -0.3 is 9.88 Å². The van der Waals surface area contributed by atoms with Crippen LogP contribution in [0.4, 0.5) is 5.82 Å². The Balaban J connectivity index is 2.34. The number of hydrogen-bond acceptors (Lipinski definition) is 4. The summed E-state index contributed by atoms with van der Waals surface area (Å²) >= 11 is 3.43. The molecule has 0 unspecified atom stereocenters. The SMILES string of the molecule is CCCNc1nc(-c2nccn2C)ncc1Br. The van der Waals surface area contributed by atoms with E-state index in [1.807, 2.05) is 17.8 Å². The molecule has 0 amide bonds. The van der Waals surface area contributed by atoms with Crippen LogP contribution in [0.15, 0.2) is 23.1 Å². The molecule has 0 radical (unpaired) electrons. The van der Waals surface area contributed by atoms with Crippen molar-refractivity contribution < 1.29 is 0 Å². The fourth-order valence-electron chi connectivity index (χ4n) is 1.42. The minimum Gasteiger partial charge on any atom is -0.369 e. The van der Waals surface area contributed by atoms with Crippen molar-refractivity contribution in [2.45, 2.75) is 13.3 Å². The molecule has 1 N–H and O–H groups in total. The Kier molecular flexibility index (Phi) is 3.73. The van der Waals surface area contributed by atoms with Crippen molar-refractivity contribution in [3.05, 3.63) is 23.1 Å². The van der Waals surface area contributed by atoms with Gasteiger partial charge in [0.15, 0.2) is 11.6 Å². The number of imidazole rings is 1. The molecule has 6 heteroatoms. The second kappa shape index (κ2) is 5.27. The molecule has 0 aliphatic rings. The number of aromatic nitrogens is 4. The number of rotatable bonds is 4. The predicted octanol–water partition coefficient (Wildman–Crippen LogP) is 2.46. The lowest BCUT2D eigenvalue weighted by molar-refractivity contribution is 0.902. The Morgan fingerprint density at radius 2 is 2.24 bits per heavy atom. The lowest BCUT2D eigenvalue weighted by Gasteiger charge is -2.07. The van der Waals surface area contributed by atoms with Crippen molar-refractivity contribution in [2.24, 2.45) is 7.05 Å². The monoisotopic (exact) mass is 295 g/mol. The van der Waals surface area contributed by atoms with Gasteiger partial charge in [-0.15, -0.1) is 0 Å². The normalized spacial score (nSPS) is 10.5. The molecule has 2 aromatic rings. The molecule has 0 aliphatic heterocycles. The van der Waals surface area contributed by atoms with Crippen LogP contribution in [0.5, 0.6) is 0 Å². The lowest BCUT2D eigenvalue weighted by atomic mass is 10.4. The van der Waals surface area contributed by atoms with Gasteiger partial charge in [-0.25, -0.2) is 15.0 Å². The average molecular weight is 296 g/mol. The quantitative estimate of drug-likeness (QED) is 0.941. The summed E-state index contributed by atoms with van der Waals surface area (Å²) in [6, 6.07) is 0. The van der Waals surface area contributed by atoms with Crippen molar-refractivity contribution in [3.63, 3.8) is 0 Å². The van der Waals surface area contributed by atoms with Crippen LogP contribution in [0.3, 0.4) is 0 Å². The third-order valence-corrected chi connectivity index (χ3v) is 2.89. The number of nitrogens with zero attached hydrogens (tertiary/aromatic N) is 4. The van der Waals surface area contributed by atoms with E-state index in [4.69, 9.17) is 0 Å². The summed E-state index contributed by atoms with van der Waals surface area (Å²) in [5.74, 6) is 2.19. The average Bonchev–Trinajstić information content (AvgIpc) is 2.75. The summed E-state index contributed by atoms with van der Waals surface area (Å²) < 4.78 is 2.76. The molecule has 90 valence electrons. The molecule has 2 heterocycles. The van der Waals surface area contributed by atoms with E-state index in [2.05, 4.69) is 43.1 Å². The minimum atomic E-state index is 0.624. The summed E-state index contributed by atoms with van der Waals surface area (Å²) in [7, 11) is 1.92. The minimum absolute atomic E-state index is 0.624. The van der Waals surface area contributed by atoms with Gasteiger partial charge in [0.2, 0.25) is 0 Å². The molecule has 0 fully saturated rings. The van der Waals surface area contributed by atoms with Gasteiger partial charge in [0.05, 0.1) is 4.47 Å². The van der Waals surface area contributed by atoms with Crippen LogP contribution in [0.1, 0.15) is 13.3 Å². The van der Waals surface area contributed by atoms with E-state index in [9.17, 15) is 0 Å². The van der Waals surface area contributed by atoms with Crippen LogP contribution in [0.2, 0.25) is 0 Å². The number of halogens is 1. The van der Waals surface area contributed by atoms with Crippen molar-refractivity contribution >= 4 is 21.7 Å². The Morgan fingerprint density at radius 3 is 2.88 bits per heavy atom. The van der Waals surface area contributed by atoms with Crippen LogP contribution in [-0.2, 0) is 7.05 Å². The molecular weight excluding hydrogens is 282 g/mol. The molecule has 0 saturated heterocycles. The number of hydrogen-bond donors (Lipinski definition) is 1. The molecule has 0 aliphatic carbocycles. The third kappa shape index (κ3) is 2.63. The summed E-state index contributed by atoms with van der Waals surface area (Å²) in [6.45, 7) is 3.00. The van der Waals surface area contributed by atoms with Gasteiger partial charge in [-0.3, -0.25) is 0 Å². The zero-order valence-electron chi connectivity index (χ0n) is 9.81. The van der Waals surface area contributed by atoms with Gasteiger partial charge in [0, 0.05) is 32.2 Å². The van der Waals surface area contributed by atoms with Gasteiger partial charge in [0.25, 0.3) is 0 Å². The van der Waals surface area contributed by atoms with Crippen LogP contribution in [0.25, 0.3) is 11.6 Å². The first-order chi connectivity index (χ1) is 8.22. The Labute approximate surface area is 108 Å². The van der Waals surface area contributed by atoms with Crippen molar-refractivity contribution in [2.75, 3.05) is 11.9 Å².